The predicted octanol–water partition coefficient (Wildman–Crippen LogP) is 1.61. The summed E-state index contributed by atoms with van der Waals surface area (Å²) in [6, 6.07) is 2.17. The normalized spacial score (nSPS) is 32.6. The molecular formula is C17H33IN4O2S. The third-order valence-corrected chi connectivity index (χ3v) is 7.08. The number of nitrogens with one attached hydrogen (secondary N) is 2. The third kappa shape index (κ3) is 6.23. The first-order valence-electron chi connectivity index (χ1n) is 9.36. The molecule has 2 aliphatic heterocycles. The first kappa shape index (κ1) is 21.2. The molecule has 3 rings (SSSR count). The van der Waals surface area contributed by atoms with Crippen LogP contribution in [0, 0.1) is 5.92 Å². The standard InChI is InChI=1S/C17H32N4O2S.HI/c1-12(2)19-17(18-9-14-6-7-24(22,23)11-14)20-15-8-13(3)21(10-15)16-4-5-16;/h12-16H,4-11H2,1-3H3,(H2,18,19,20);1H. The van der Waals surface area contributed by atoms with E-state index in [-0.39, 0.29) is 29.9 Å². The number of nitrogens with zero attached hydrogens (tertiary/aromatic N) is 2. The van der Waals surface area contributed by atoms with E-state index in [4.69, 9.17) is 4.99 Å². The molecule has 0 aromatic heterocycles. The van der Waals surface area contributed by atoms with Gasteiger partial charge in [0.15, 0.2) is 15.8 Å². The lowest BCUT2D eigenvalue weighted by Crippen LogP contribution is -2.47. The van der Waals surface area contributed by atoms with Gasteiger partial charge in [-0.1, -0.05) is 0 Å². The van der Waals surface area contributed by atoms with Gasteiger partial charge in [-0.05, 0) is 52.4 Å². The van der Waals surface area contributed by atoms with E-state index in [1.54, 1.807) is 0 Å². The van der Waals surface area contributed by atoms with Crippen molar-refractivity contribution in [2.45, 2.75) is 70.6 Å². The molecule has 3 fully saturated rings. The summed E-state index contributed by atoms with van der Waals surface area (Å²) in [5, 5.41) is 6.98. The zero-order chi connectivity index (χ0) is 17.3. The molecule has 3 atom stereocenters. The molecule has 3 aliphatic rings. The van der Waals surface area contributed by atoms with Crippen LogP contribution in [0.2, 0.25) is 0 Å². The number of halogens is 1. The Morgan fingerprint density at radius 2 is 2.00 bits per heavy atom. The van der Waals surface area contributed by atoms with E-state index < -0.39 is 9.84 Å². The molecular weight excluding hydrogens is 451 g/mol. The highest BCUT2D eigenvalue weighted by Crippen LogP contribution is 2.33. The Labute approximate surface area is 169 Å². The van der Waals surface area contributed by atoms with E-state index in [0.29, 0.717) is 36.2 Å². The zero-order valence-corrected chi connectivity index (χ0v) is 18.7. The van der Waals surface area contributed by atoms with E-state index in [1.165, 1.54) is 12.8 Å². The molecule has 8 heteroatoms. The molecule has 0 spiro atoms. The molecule has 2 heterocycles. The Balaban J connectivity index is 0.00000225. The van der Waals surface area contributed by atoms with Crippen LogP contribution in [0.15, 0.2) is 4.99 Å². The third-order valence-electron chi connectivity index (χ3n) is 5.24. The number of rotatable bonds is 5. The maximum Gasteiger partial charge on any atom is 0.191 e. The van der Waals surface area contributed by atoms with E-state index in [9.17, 15) is 8.42 Å². The van der Waals surface area contributed by atoms with Crippen LogP contribution in [0.4, 0.5) is 0 Å². The second kappa shape index (κ2) is 8.73. The van der Waals surface area contributed by atoms with Crippen LogP contribution >= 0.6 is 24.0 Å². The highest BCUT2D eigenvalue weighted by Gasteiger charge is 2.39. The number of likely N-dealkylation sites (tertiary alicyclic amines) is 1. The number of guanidine groups is 1. The van der Waals surface area contributed by atoms with Crippen LogP contribution in [0.25, 0.3) is 0 Å². The van der Waals surface area contributed by atoms with Crippen LogP contribution in [0.5, 0.6) is 0 Å². The average molecular weight is 484 g/mol. The largest absolute Gasteiger partial charge is 0.354 e. The van der Waals surface area contributed by atoms with Gasteiger partial charge in [0, 0.05) is 37.3 Å². The van der Waals surface area contributed by atoms with Crippen LogP contribution in [0.3, 0.4) is 0 Å². The summed E-state index contributed by atoms with van der Waals surface area (Å²) < 4.78 is 23.2. The Bertz CT molecular complexity index is 577. The molecule has 1 aliphatic carbocycles. The van der Waals surface area contributed by atoms with Gasteiger partial charge in [0.1, 0.15) is 0 Å². The predicted molar refractivity (Wildman–Crippen MR) is 113 cm³/mol. The Hall–Kier alpha value is -0.0900. The van der Waals surface area contributed by atoms with Crippen molar-refractivity contribution in [1.82, 2.24) is 15.5 Å². The van der Waals surface area contributed by atoms with Gasteiger partial charge in [0.05, 0.1) is 11.5 Å². The number of hydrogen-bond donors (Lipinski definition) is 2. The molecule has 3 unspecified atom stereocenters. The summed E-state index contributed by atoms with van der Waals surface area (Å²) in [7, 11) is -2.82. The molecule has 0 amide bonds. The fourth-order valence-corrected chi connectivity index (χ4v) is 5.76. The van der Waals surface area contributed by atoms with Crippen molar-refractivity contribution in [3.05, 3.63) is 0 Å². The van der Waals surface area contributed by atoms with Crippen LogP contribution in [0.1, 0.15) is 46.5 Å². The van der Waals surface area contributed by atoms with Crippen molar-refractivity contribution in [2.75, 3.05) is 24.6 Å². The Morgan fingerprint density at radius 3 is 2.56 bits per heavy atom. The monoisotopic (exact) mass is 484 g/mol. The van der Waals surface area contributed by atoms with E-state index in [1.807, 2.05) is 0 Å². The highest BCUT2D eigenvalue weighted by atomic mass is 127. The van der Waals surface area contributed by atoms with Crippen LogP contribution < -0.4 is 10.6 Å². The van der Waals surface area contributed by atoms with Crippen molar-refractivity contribution in [2.24, 2.45) is 10.9 Å². The SMILES string of the molecule is CC(C)NC(=NCC1CCS(=O)(=O)C1)NC1CC(C)N(C2CC2)C1.I. The topological polar surface area (TPSA) is 73.8 Å². The Kier molecular flexibility index (Phi) is 7.41. The highest BCUT2D eigenvalue weighted by molar-refractivity contribution is 14.0. The lowest BCUT2D eigenvalue weighted by molar-refractivity contribution is 0.256. The summed E-state index contributed by atoms with van der Waals surface area (Å²) in [5.74, 6) is 1.63. The maximum absolute atomic E-state index is 11.6. The molecule has 2 saturated heterocycles. The summed E-state index contributed by atoms with van der Waals surface area (Å²) >= 11 is 0. The molecule has 0 bridgehead atoms. The van der Waals surface area contributed by atoms with Gasteiger partial charge >= 0.3 is 0 Å². The van der Waals surface area contributed by atoms with Gasteiger partial charge in [0.2, 0.25) is 0 Å². The minimum atomic E-state index is -2.82. The molecule has 1 saturated carbocycles. The molecule has 25 heavy (non-hydrogen) atoms. The van der Waals surface area contributed by atoms with E-state index in [2.05, 4.69) is 36.3 Å². The van der Waals surface area contributed by atoms with Crippen LogP contribution in [-0.4, -0.2) is 68.0 Å². The smallest absolute Gasteiger partial charge is 0.191 e. The quantitative estimate of drug-likeness (QED) is 0.353. The maximum atomic E-state index is 11.6. The molecule has 2 N–H and O–H groups in total. The summed E-state index contributed by atoms with van der Waals surface area (Å²) in [6.07, 6.45) is 4.58. The molecule has 0 aromatic rings. The van der Waals surface area contributed by atoms with Gasteiger partial charge in [-0.15, -0.1) is 24.0 Å². The Morgan fingerprint density at radius 1 is 1.28 bits per heavy atom. The number of sulfone groups is 1. The molecule has 146 valence electrons. The second-order valence-corrected chi connectivity index (χ2v) is 10.3. The van der Waals surface area contributed by atoms with Crippen molar-refractivity contribution in [1.29, 1.82) is 0 Å². The van der Waals surface area contributed by atoms with Crippen molar-refractivity contribution < 1.29 is 8.42 Å². The fraction of sp³-hybridized carbons (Fsp3) is 0.941. The van der Waals surface area contributed by atoms with Gasteiger partial charge < -0.3 is 10.6 Å². The van der Waals surface area contributed by atoms with E-state index >= 15 is 0 Å². The molecule has 6 nitrogen and oxygen atoms in total. The first-order chi connectivity index (χ1) is 11.3. The summed E-state index contributed by atoms with van der Waals surface area (Å²) in [5.41, 5.74) is 0. The summed E-state index contributed by atoms with van der Waals surface area (Å²) in [4.78, 5) is 7.32. The minimum Gasteiger partial charge on any atom is -0.354 e. The van der Waals surface area contributed by atoms with Gasteiger partial charge in [0.25, 0.3) is 0 Å². The zero-order valence-electron chi connectivity index (χ0n) is 15.6. The summed E-state index contributed by atoms with van der Waals surface area (Å²) in [6.45, 7) is 8.20. The second-order valence-electron chi connectivity index (χ2n) is 8.11. The average Bonchev–Trinajstić information content (AvgIpc) is 3.17. The van der Waals surface area contributed by atoms with Gasteiger partial charge in [-0.2, -0.15) is 0 Å². The van der Waals surface area contributed by atoms with E-state index in [0.717, 1.165) is 31.4 Å². The van der Waals surface area contributed by atoms with Crippen molar-refractivity contribution >= 4 is 39.8 Å². The fourth-order valence-electron chi connectivity index (χ4n) is 3.91. The van der Waals surface area contributed by atoms with Crippen LogP contribution in [-0.2, 0) is 9.84 Å². The molecule has 0 radical (unpaired) electrons. The minimum absolute atomic E-state index is 0. The molecule has 0 aromatic carbocycles. The number of hydrogen-bond acceptors (Lipinski definition) is 4. The van der Waals surface area contributed by atoms with Crippen molar-refractivity contribution in [3.63, 3.8) is 0 Å². The first-order valence-corrected chi connectivity index (χ1v) is 11.2. The van der Waals surface area contributed by atoms with Gasteiger partial charge in [-0.25, -0.2) is 8.42 Å². The lowest BCUT2D eigenvalue weighted by Gasteiger charge is -2.21. The van der Waals surface area contributed by atoms with Crippen molar-refractivity contribution in [3.8, 4) is 0 Å². The lowest BCUT2D eigenvalue weighted by atomic mass is 10.1. The number of aliphatic imine (C=N–C) groups is 1. The van der Waals surface area contributed by atoms with Gasteiger partial charge in [-0.3, -0.25) is 9.89 Å².